The molecule has 4 nitrogen and oxygen atoms in total. The van der Waals surface area contributed by atoms with Crippen molar-refractivity contribution in [1.82, 2.24) is 0 Å². The molecule has 0 aliphatic heterocycles. The molecule has 2 rings (SSSR count). The van der Waals surface area contributed by atoms with Crippen LogP contribution in [0.5, 0.6) is 5.75 Å². The van der Waals surface area contributed by atoms with Crippen molar-refractivity contribution in [2.45, 2.75) is 6.54 Å². The fourth-order valence-corrected chi connectivity index (χ4v) is 2.52. The summed E-state index contributed by atoms with van der Waals surface area (Å²) >= 11 is 6.75. The molecule has 0 spiro atoms. The van der Waals surface area contributed by atoms with E-state index in [4.69, 9.17) is 10.5 Å². The molecule has 0 unspecified atom stereocenters. The Hall–Kier alpha value is -1.37. The summed E-state index contributed by atoms with van der Waals surface area (Å²) in [5, 5.41) is 2.77. The standard InChI is InChI=1S/C15H14Br2N2O2/c16-11-2-1-3-12(7-11)19-15(20)9-21-13-4-5-14(17)10(6-13)8-18/h1-7H,8-9,18H2,(H,19,20). The second-order valence-corrected chi connectivity index (χ2v) is 6.07. The Labute approximate surface area is 139 Å². The number of halogens is 2. The zero-order valence-electron chi connectivity index (χ0n) is 11.1. The second kappa shape index (κ2) is 7.59. The van der Waals surface area contributed by atoms with E-state index in [1.807, 2.05) is 36.4 Å². The van der Waals surface area contributed by atoms with Crippen molar-refractivity contribution < 1.29 is 9.53 Å². The molecule has 21 heavy (non-hydrogen) atoms. The number of carbonyl (C=O) groups is 1. The molecular formula is C15H14Br2N2O2. The lowest BCUT2D eigenvalue weighted by atomic mass is 10.2. The van der Waals surface area contributed by atoms with Crippen LogP contribution in [-0.2, 0) is 11.3 Å². The predicted octanol–water partition coefficient (Wildman–Crippen LogP) is 3.69. The SMILES string of the molecule is NCc1cc(OCC(=O)Nc2cccc(Br)c2)ccc1Br. The summed E-state index contributed by atoms with van der Waals surface area (Å²) in [7, 11) is 0. The van der Waals surface area contributed by atoms with Crippen LogP contribution in [0.3, 0.4) is 0 Å². The predicted molar refractivity (Wildman–Crippen MR) is 90.3 cm³/mol. The topological polar surface area (TPSA) is 64.3 Å². The number of nitrogens with one attached hydrogen (secondary N) is 1. The molecule has 0 aliphatic rings. The Balaban J connectivity index is 1.92. The Kier molecular flexibility index (Phi) is 5.78. The molecule has 0 heterocycles. The summed E-state index contributed by atoms with van der Waals surface area (Å²) in [6.07, 6.45) is 0. The van der Waals surface area contributed by atoms with Gasteiger partial charge in [0.05, 0.1) is 0 Å². The zero-order chi connectivity index (χ0) is 15.2. The number of ether oxygens (including phenoxy) is 1. The van der Waals surface area contributed by atoms with E-state index in [0.29, 0.717) is 12.3 Å². The van der Waals surface area contributed by atoms with Crippen molar-refractivity contribution in [3.05, 3.63) is 57.0 Å². The van der Waals surface area contributed by atoms with Crippen LogP contribution in [0.25, 0.3) is 0 Å². The van der Waals surface area contributed by atoms with Crippen LogP contribution in [0.2, 0.25) is 0 Å². The smallest absolute Gasteiger partial charge is 0.262 e. The number of anilines is 1. The first-order valence-electron chi connectivity index (χ1n) is 6.25. The quantitative estimate of drug-likeness (QED) is 0.785. The summed E-state index contributed by atoms with van der Waals surface area (Å²) in [4.78, 5) is 11.8. The van der Waals surface area contributed by atoms with E-state index in [1.165, 1.54) is 0 Å². The molecule has 0 radical (unpaired) electrons. The number of amides is 1. The van der Waals surface area contributed by atoms with E-state index < -0.39 is 0 Å². The van der Waals surface area contributed by atoms with E-state index in [0.717, 1.165) is 20.2 Å². The monoisotopic (exact) mass is 412 g/mol. The summed E-state index contributed by atoms with van der Waals surface area (Å²) in [6, 6.07) is 12.8. The van der Waals surface area contributed by atoms with Crippen molar-refractivity contribution in [1.29, 1.82) is 0 Å². The summed E-state index contributed by atoms with van der Waals surface area (Å²) in [6.45, 7) is 0.347. The van der Waals surface area contributed by atoms with Crippen LogP contribution in [-0.4, -0.2) is 12.5 Å². The van der Waals surface area contributed by atoms with Gasteiger partial charge in [-0.05, 0) is 42.0 Å². The average molecular weight is 414 g/mol. The van der Waals surface area contributed by atoms with Crippen LogP contribution in [0, 0.1) is 0 Å². The van der Waals surface area contributed by atoms with Crippen LogP contribution >= 0.6 is 31.9 Å². The van der Waals surface area contributed by atoms with Gasteiger partial charge in [0.1, 0.15) is 5.75 Å². The minimum atomic E-state index is -0.217. The van der Waals surface area contributed by atoms with E-state index >= 15 is 0 Å². The third-order valence-electron chi connectivity index (χ3n) is 2.72. The van der Waals surface area contributed by atoms with Gasteiger partial charge in [0.25, 0.3) is 5.91 Å². The van der Waals surface area contributed by atoms with Gasteiger partial charge in [-0.2, -0.15) is 0 Å². The van der Waals surface area contributed by atoms with Crippen LogP contribution in [0.4, 0.5) is 5.69 Å². The van der Waals surface area contributed by atoms with Gasteiger partial charge in [0, 0.05) is 21.2 Å². The van der Waals surface area contributed by atoms with Gasteiger partial charge < -0.3 is 15.8 Å². The molecule has 0 fully saturated rings. The molecule has 110 valence electrons. The Morgan fingerprint density at radius 1 is 1.19 bits per heavy atom. The highest BCUT2D eigenvalue weighted by Gasteiger charge is 2.06. The van der Waals surface area contributed by atoms with Gasteiger partial charge >= 0.3 is 0 Å². The maximum atomic E-state index is 11.8. The first-order chi connectivity index (χ1) is 10.1. The zero-order valence-corrected chi connectivity index (χ0v) is 14.3. The lowest BCUT2D eigenvalue weighted by Crippen LogP contribution is -2.20. The summed E-state index contributed by atoms with van der Waals surface area (Å²) < 4.78 is 7.30. The van der Waals surface area contributed by atoms with Gasteiger partial charge in [-0.1, -0.05) is 37.9 Å². The Bertz CT molecular complexity index is 647. The van der Waals surface area contributed by atoms with Gasteiger partial charge in [0.2, 0.25) is 0 Å². The highest BCUT2D eigenvalue weighted by atomic mass is 79.9. The third kappa shape index (κ3) is 4.84. The lowest BCUT2D eigenvalue weighted by Gasteiger charge is -2.09. The van der Waals surface area contributed by atoms with Crippen molar-refractivity contribution in [2.75, 3.05) is 11.9 Å². The lowest BCUT2D eigenvalue weighted by molar-refractivity contribution is -0.118. The van der Waals surface area contributed by atoms with Crippen LogP contribution in [0.1, 0.15) is 5.56 Å². The molecule has 1 amide bonds. The largest absolute Gasteiger partial charge is 0.484 e. The van der Waals surface area contributed by atoms with E-state index in [1.54, 1.807) is 6.07 Å². The number of hydrogen-bond donors (Lipinski definition) is 2. The van der Waals surface area contributed by atoms with Gasteiger partial charge in [0.15, 0.2) is 6.61 Å². The molecule has 0 saturated heterocycles. The molecule has 0 aromatic heterocycles. The number of rotatable bonds is 5. The first kappa shape index (κ1) is 16.0. The normalized spacial score (nSPS) is 10.2. The highest BCUT2D eigenvalue weighted by molar-refractivity contribution is 9.10. The Morgan fingerprint density at radius 2 is 2.00 bits per heavy atom. The third-order valence-corrected chi connectivity index (χ3v) is 3.98. The van der Waals surface area contributed by atoms with Gasteiger partial charge in [-0.25, -0.2) is 0 Å². The number of carbonyl (C=O) groups excluding carboxylic acids is 1. The van der Waals surface area contributed by atoms with Crippen LogP contribution < -0.4 is 15.8 Å². The Morgan fingerprint density at radius 3 is 2.71 bits per heavy atom. The van der Waals surface area contributed by atoms with E-state index in [2.05, 4.69) is 37.2 Å². The molecular weight excluding hydrogens is 400 g/mol. The number of nitrogens with two attached hydrogens (primary N) is 1. The summed E-state index contributed by atoms with van der Waals surface area (Å²) in [5.41, 5.74) is 7.27. The molecule has 2 aromatic carbocycles. The number of benzene rings is 2. The molecule has 0 saturated carbocycles. The summed E-state index contributed by atoms with van der Waals surface area (Å²) in [5.74, 6) is 0.397. The molecule has 2 aromatic rings. The van der Waals surface area contributed by atoms with Crippen molar-refractivity contribution in [3.63, 3.8) is 0 Å². The molecule has 0 aliphatic carbocycles. The number of hydrogen-bond acceptors (Lipinski definition) is 3. The van der Waals surface area contributed by atoms with Crippen molar-refractivity contribution in [2.24, 2.45) is 5.73 Å². The minimum absolute atomic E-state index is 0.0574. The maximum Gasteiger partial charge on any atom is 0.262 e. The fourth-order valence-electron chi connectivity index (χ4n) is 1.71. The minimum Gasteiger partial charge on any atom is -0.484 e. The van der Waals surface area contributed by atoms with Crippen molar-refractivity contribution >= 4 is 43.5 Å². The van der Waals surface area contributed by atoms with E-state index in [-0.39, 0.29) is 12.5 Å². The molecule has 0 bridgehead atoms. The van der Waals surface area contributed by atoms with Gasteiger partial charge in [-0.3, -0.25) is 4.79 Å². The maximum absolute atomic E-state index is 11.8. The van der Waals surface area contributed by atoms with Crippen LogP contribution in [0.15, 0.2) is 51.4 Å². The second-order valence-electron chi connectivity index (χ2n) is 4.30. The fraction of sp³-hybridized carbons (Fsp3) is 0.133. The van der Waals surface area contributed by atoms with Gasteiger partial charge in [-0.15, -0.1) is 0 Å². The molecule has 3 N–H and O–H groups in total. The first-order valence-corrected chi connectivity index (χ1v) is 7.84. The average Bonchev–Trinajstić information content (AvgIpc) is 2.46. The molecule has 0 atom stereocenters. The molecule has 6 heteroatoms. The van der Waals surface area contributed by atoms with Crippen molar-refractivity contribution in [3.8, 4) is 5.75 Å². The highest BCUT2D eigenvalue weighted by Crippen LogP contribution is 2.22. The van der Waals surface area contributed by atoms with E-state index in [9.17, 15) is 4.79 Å².